The van der Waals surface area contributed by atoms with Crippen molar-refractivity contribution in [3.8, 4) is 0 Å². The monoisotopic (exact) mass is 411 g/mol. The SMILES string of the molecule is Cc1c(CC(=O)N[C@H](C(=O)O)C(C)C)c(=O)oc2cc3oc4c(c3cc12)CCCC4. The van der Waals surface area contributed by atoms with Gasteiger partial charge in [0.25, 0.3) is 0 Å². The molecule has 0 spiro atoms. The quantitative estimate of drug-likeness (QED) is 0.622. The van der Waals surface area contributed by atoms with E-state index in [4.69, 9.17) is 8.83 Å². The molecule has 4 rings (SSSR count). The Kier molecular flexibility index (Phi) is 5.13. The molecule has 0 saturated carbocycles. The maximum absolute atomic E-state index is 12.6. The average Bonchev–Trinajstić information content (AvgIpc) is 3.05. The number of aryl methyl sites for hydroxylation is 3. The minimum Gasteiger partial charge on any atom is -0.480 e. The first-order valence-electron chi connectivity index (χ1n) is 10.3. The molecule has 1 aliphatic rings. The number of benzene rings is 1. The van der Waals surface area contributed by atoms with E-state index in [2.05, 4.69) is 5.32 Å². The highest BCUT2D eigenvalue weighted by Gasteiger charge is 2.25. The molecule has 0 aliphatic heterocycles. The van der Waals surface area contributed by atoms with Crippen molar-refractivity contribution < 1.29 is 23.5 Å². The smallest absolute Gasteiger partial charge is 0.340 e. The summed E-state index contributed by atoms with van der Waals surface area (Å²) in [6, 6.07) is 2.72. The second-order valence-corrected chi connectivity index (χ2v) is 8.35. The van der Waals surface area contributed by atoms with Gasteiger partial charge in [-0.25, -0.2) is 9.59 Å². The number of carboxylic acid groups (broad SMARTS) is 1. The lowest BCUT2D eigenvalue weighted by Gasteiger charge is -2.18. The van der Waals surface area contributed by atoms with Crippen LogP contribution in [0.5, 0.6) is 0 Å². The first-order valence-corrected chi connectivity index (χ1v) is 10.3. The summed E-state index contributed by atoms with van der Waals surface area (Å²) in [5, 5.41) is 13.6. The van der Waals surface area contributed by atoms with Gasteiger partial charge in [0.15, 0.2) is 0 Å². The van der Waals surface area contributed by atoms with Gasteiger partial charge in [-0.2, -0.15) is 0 Å². The number of furan rings is 1. The number of amides is 1. The van der Waals surface area contributed by atoms with Crippen LogP contribution in [0, 0.1) is 12.8 Å². The van der Waals surface area contributed by atoms with E-state index in [9.17, 15) is 19.5 Å². The molecular weight excluding hydrogens is 386 g/mol. The summed E-state index contributed by atoms with van der Waals surface area (Å²) in [4.78, 5) is 36.4. The zero-order valence-corrected chi connectivity index (χ0v) is 17.3. The van der Waals surface area contributed by atoms with Gasteiger partial charge in [-0.15, -0.1) is 0 Å². The molecule has 2 N–H and O–H groups in total. The van der Waals surface area contributed by atoms with Crippen LogP contribution >= 0.6 is 0 Å². The summed E-state index contributed by atoms with van der Waals surface area (Å²) in [6.45, 7) is 5.22. The molecule has 158 valence electrons. The first kappa shape index (κ1) is 20.2. The fourth-order valence-electron chi connectivity index (χ4n) is 4.25. The standard InChI is InChI=1S/C23H25NO6/c1-11(2)21(22(26)27)24-20(25)9-15-12(3)14-8-16-13-6-4-5-7-17(13)29-19(16)10-18(14)30-23(15)28/h8,10-11,21H,4-7,9H2,1-3H3,(H,24,25)(H,26,27)/t21-/m0/s1. The van der Waals surface area contributed by atoms with Crippen LogP contribution in [0.25, 0.3) is 21.9 Å². The second kappa shape index (κ2) is 7.63. The third kappa shape index (κ3) is 3.49. The zero-order valence-electron chi connectivity index (χ0n) is 17.3. The Morgan fingerprint density at radius 1 is 1.10 bits per heavy atom. The van der Waals surface area contributed by atoms with E-state index in [0.29, 0.717) is 16.7 Å². The molecule has 3 aromatic rings. The number of fused-ring (bicyclic) bond motifs is 4. The molecule has 0 radical (unpaired) electrons. The van der Waals surface area contributed by atoms with Crippen LogP contribution in [0.2, 0.25) is 0 Å². The topological polar surface area (TPSA) is 110 Å². The van der Waals surface area contributed by atoms with Crippen molar-refractivity contribution in [1.29, 1.82) is 0 Å². The van der Waals surface area contributed by atoms with Crippen molar-refractivity contribution >= 4 is 33.8 Å². The van der Waals surface area contributed by atoms with Crippen molar-refractivity contribution in [3.63, 3.8) is 0 Å². The van der Waals surface area contributed by atoms with E-state index in [0.717, 1.165) is 42.2 Å². The molecule has 1 atom stereocenters. The highest BCUT2D eigenvalue weighted by molar-refractivity contribution is 5.97. The van der Waals surface area contributed by atoms with Gasteiger partial charge >= 0.3 is 11.6 Å². The second-order valence-electron chi connectivity index (χ2n) is 8.35. The lowest BCUT2D eigenvalue weighted by Crippen LogP contribution is -2.45. The van der Waals surface area contributed by atoms with Gasteiger partial charge < -0.3 is 19.3 Å². The third-order valence-electron chi connectivity index (χ3n) is 5.95. The fourth-order valence-corrected chi connectivity index (χ4v) is 4.25. The number of aliphatic carboxylic acids is 1. The Hall–Kier alpha value is -3.09. The van der Waals surface area contributed by atoms with Crippen molar-refractivity contribution in [1.82, 2.24) is 5.32 Å². The molecule has 1 amide bonds. The summed E-state index contributed by atoms with van der Waals surface area (Å²) in [7, 11) is 0. The van der Waals surface area contributed by atoms with Gasteiger partial charge in [-0.1, -0.05) is 13.8 Å². The molecule has 1 aliphatic carbocycles. The predicted molar refractivity (Wildman–Crippen MR) is 112 cm³/mol. The number of rotatable bonds is 5. The lowest BCUT2D eigenvalue weighted by molar-refractivity contribution is -0.143. The number of carbonyl (C=O) groups is 2. The Balaban J connectivity index is 1.73. The molecular formula is C23H25NO6. The van der Waals surface area contributed by atoms with Crippen LogP contribution in [-0.2, 0) is 28.9 Å². The van der Waals surface area contributed by atoms with E-state index in [1.54, 1.807) is 26.8 Å². The summed E-state index contributed by atoms with van der Waals surface area (Å²) in [6.07, 6.45) is 3.87. The zero-order chi connectivity index (χ0) is 21.6. The summed E-state index contributed by atoms with van der Waals surface area (Å²) >= 11 is 0. The number of hydrogen-bond acceptors (Lipinski definition) is 5. The molecule has 0 saturated heterocycles. The van der Waals surface area contributed by atoms with Crippen LogP contribution < -0.4 is 10.9 Å². The Morgan fingerprint density at radius 3 is 2.50 bits per heavy atom. The number of carboxylic acids is 1. The van der Waals surface area contributed by atoms with Crippen molar-refractivity contribution in [2.24, 2.45) is 5.92 Å². The highest BCUT2D eigenvalue weighted by atomic mass is 16.4. The molecule has 7 heteroatoms. The van der Waals surface area contributed by atoms with Crippen LogP contribution in [0.1, 0.15) is 49.1 Å². The minimum atomic E-state index is -1.10. The maximum atomic E-state index is 12.6. The first-order chi connectivity index (χ1) is 14.3. The van der Waals surface area contributed by atoms with E-state index in [-0.39, 0.29) is 17.9 Å². The van der Waals surface area contributed by atoms with E-state index in [1.807, 2.05) is 6.07 Å². The van der Waals surface area contributed by atoms with Gasteiger partial charge in [0, 0.05) is 28.8 Å². The molecule has 7 nitrogen and oxygen atoms in total. The van der Waals surface area contributed by atoms with Gasteiger partial charge in [0.2, 0.25) is 5.91 Å². The summed E-state index contributed by atoms with van der Waals surface area (Å²) < 4.78 is 11.5. The summed E-state index contributed by atoms with van der Waals surface area (Å²) in [5.41, 5.74) is 2.66. The van der Waals surface area contributed by atoms with Crippen molar-refractivity contribution in [2.75, 3.05) is 0 Å². The normalized spacial score (nSPS) is 14.8. The maximum Gasteiger partial charge on any atom is 0.340 e. The molecule has 30 heavy (non-hydrogen) atoms. The van der Waals surface area contributed by atoms with Crippen LogP contribution in [-0.4, -0.2) is 23.0 Å². The predicted octanol–water partition coefficient (Wildman–Crippen LogP) is 3.49. The van der Waals surface area contributed by atoms with Crippen molar-refractivity contribution in [3.05, 3.63) is 45.0 Å². The lowest BCUT2D eigenvalue weighted by atomic mass is 9.94. The molecule has 1 aromatic carbocycles. The Bertz CT molecular complexity index is 1220. The third-order valence-corrected chi connectivity index (χ3v) is 5.95. The highest BCUT2D eigenvalue weighted by Crippen LogP contribution is 2.35. The molecule has 0 unspecified atom stereocenters. The van der Waals surface area contributed by atoms with E-state index in [1.165, 1.54) is 5.56 Å². The van der Waals surface area contributed by atoms with Gasteiger partial charge in [-0.3, -0.25) is 4.79 Å². The Labute approximate surface area is 173 Å². The molecule has 2 heterocycles. The number of nitrogens with one attached hydrogen (secondary N) is 1. The average molecular weight is 411 g/mol. The minimum absolute atomic E-state index is 0.234. The van der Waals surface area contributed by atoms with Crippen LogP contribution in [0.4, 0.5) is 0 Å². The fraction of sp³-hybridized carbons (Fsp3) is 0.435. The number of hydrogen-bond donors (Lipinski definition) is 2. The van der Waals surface area contributed by atoms with Crippen molar-refractivity contribution in [2.45, 2.75) is 58.9 Å². The Morgan fingerprint density at radius 2 is 1.80 bits per heavy atom. The van der Waals surface area contributed by atoms with Crippen LogP contribution in [0.15, 0.2) is 25.8 Å². The summed E-state index contributed by atoms with van der Waals surface area (Å²) in [5.74, 6) is -0.902. The van der Waals surface area contributed by atoms with Gasteiger partial charge in [0.05, 0.1) is 12.0 Å². The van der Waals surface area contributed by atoms with E-state index >= 15 is 0 Å². The molecule has 0 bridgehead atoms. The molecule has 2 aromatic heterocycles. The number of carbonyl (C=O) groups excluding carboxylic acids is 1. The van der Waals surface area contributed by atoms with Gasteiger partial charge in [0.1, 0.15) is 23.0 Å². The van der Waals surface area contributed by atoms with E-state index < -0.39 is 23.5 Å². The molecule has 0 fully saturated rings. The largest absolute Gasteiger partial charge is 0.480 e. The van der Waals surface area contributed by atoms with Crippen LogP contribution in [0.3, 0.4) is 0 Å². The van der Waals surface area contributed by atoms with Gasteiger partial charge in [-0.05, 0) is 43.7 Å².